The van der Waals surface area contributed by atoms with Gasteiger partial charge in [0, 0.05) is 33.4 Å². The molecule has 16 heavy (non-hydrogen) atoms. The summed E-state index contributed by atoms with van der Waals surface area (Å²) >= 11 is 0. The third-order valence-corrected chi connectivity index (χ3v) is 2.41. The number of ether oxygens (including phenoxy) is 2. The molecule has 0 aliphatic rings. The van der Waals surface area contributed by atoms with Crippen molar-refractivity contribution in [3.05, 3.63) is 0 Å². The summed E-state index contributed by atoms with van der Waals surface area (Å²) in [5.74, 6) is -1.31. The maximum Gasteiger partial charge on any atom is 0.272 e. The smallest absolute Gasteiger partial charge is 0.272 e. The predicted molar refractivity (Wildman–Crippen MR) is 58.0 cm³/mol. The van der Waals surface area contributed by atoms with Gasteiger partial charge >= 0.3 is 0 Å². The Labute approximate surface area is 95.7 Å². The molecule has 0 saturated carbocycles. The van der Waals surface area contributed by atoms with Crippen LogP contribution < -0.4 is 0 Å². The normalized spacial score (nSPS) is 11.6. The van der Waals surface area contributed by atoms with Gasteiger partial charge in [-0.3, -0.25) is 9.35 Å². The lowest BCUT2D eigenvalue weighted by atomic mass is 10.2. The molecular weight excluding hydrogens is 236 g/mol. The first-order valence-electron chi connectivity index (χ1n) is 4.99. The number of hydrogen-bond donors (Lipinski definition) is 1. The first-order chi connectivity index (χ1) is 7.45. The summed E-state index contributed by atoms with van der Waals surface area (Å²) in [6.45, 7) is 1.59. The van der Waals surface area contributed by atoms with Gasteiger partial charge in [0.25, 0.3) is 10.1 Å². The van der Waals surface area contributed by atoms with Crippen molar-refractivity contribution in [3.8, 4) is 0 Å². The van der Waals surface area contributed by atoms with E-state index in [0.29, 0.717) is 26.2 Å². The van der Waals surface area contributed by atoms with E-state index in [1.165, 1.54) is 0 Å². The van der Waals surface area contributed by atoms with Crippen molar-refractivity contribution in [2.45, 2.75) is 19.3 Å². The molecule has 0 aliphatic carbocycles. The van der Waals surface area contributed by atoms with E-state index >= 15 is 0 Å². The van der Waals surface area contributed by atoms with Gasteiger partial charge < -0.3 is 9.47 Å². The van der Waals surface area contributed by atoms with Gasteiger partial charge in [-0.1, -0.05) is 0 Å². The topological polar surface area (TPSA) is 89.9 Å². The summed E-state index contributed by atoms with van der Waals surface area (Å²) in [4.78, 5) is 11.0. The van der Waals surface area contributed by atoms with Gasteiger partial charge in [-0.25, -0.2) is 0 Å². The molecule has 0 rings (SSSR count). The summed E-state index contributed by atoms with van der Waals surface area (Å²) in [6.07, 6.45) is 1.35. The fourth-order valence-electron chi connectivity index (χ4n) is 1.05. The molecule has 0 bridgehead atoms. The molecular formula is C9H18O6S. The second-order valence-electron chi connectivity index (χ2n) is 3.33. The zero-order chi connectivity index (χ0) is 12.4. The van der Waals surface area contributed by atoms with Crippen molar-refractivity contribution < 1.29 is 27.2 Å². The predicted octanol–water partition coefficient (Wildman–Crippen LogP) is 0.277. The number of methoxy groups -OCH3 is 1. The molecule has 0 saturated heterocycles. The lowest BCUT2D eigenvalue weighted by Gasteiger charge is -2.03. The SMILES string of the molecule is COCCCOCCCC(=O)CS(=O)(=O)O. The summed E-state index contributed by atoms with van der Waals surface area (Å²) in [5, 5.41) is 0. The molecule has 96 valence electrons. The monoisotopic (exact) mass is 254 g/mol. The van der Waals surface area contributed by atoms with Crippen LogP contribution in [0.5, 0.6) is 0 Å². The molecule has 0 spiro atoms. The molecule has 6 nitrogen and oxygen atoms in total. The zero-order valence-electron chi connectivity index (χ0n) is 9.35. The van der Waals surface area contributed by atoms with E-state index in [9.17, 15) is 13.2 Å². The van der Waals surface area contributed by atoms with Crippen molar-refractivity contribution in [1.29, 1.82) is 0 Å². The Morgan fingerprint density at radius 2 is 1.81 bits per heavy atom. The third-order valence-electron chi connectivity index (χ3n) is 1.72. The van der Waals surface area contributed by atoms with Gasteiger partial charge in [0.05, 0.1) is 0 Å². The van der Waals surface area contributed by atoms with Crippen LogP contribution in [0.25, 0.3) is 0 Å². The fraction of sp³-hybridized carbons (Fsp3) is 0.889. The molecule has 0 fully saturated rings. The largest absolute Gasteiger partial charge is 0.385 e. The van der Waals surface area contributed by atoms with Gasteiger partial charge in [-0.15, -0.1) is 0 Å². The maximum atomic E-state index is 11.0. The molecule has 0 aromatic rings. The summed E-state index contributed by atoms with van der Waals surface area (Å²) < 4.78 is 39.1. The molecule has 0 aliphatic heterocycles. The Balaban J connectivity index is 3.35. The second kappa shape index (κ2) is 8.63. The van der Waals surface area contributed by atoms with Crippen molar-refractivity contribution in [1.82, 2.24) is 0 Å². The van der Waals surface area contributed by atoms with Crippen LogP contribution in [0.4, 0.5) is 0 Å². The molecule has 0 aromatic heterocycles. The molecule has 0 aromatic carbocycles. The lowest BCUT2D eigenvalue weighted by molar-refractivity contribution is -0.117. The van der Waals surface area contributed by atoms with Gasteiger partial charge in [-0.05, 0) is 12.8 Å². The van der Waals surface area contributed by atoms with Crippen LogP contribution in [0.3, 0.4) is 0 Å². The average molecular weight is 254 g/mol. The molecule has 7 heteroatoms. The number of Topliss-reactive ketones (excluding diaryl/α,β-unsaturated/α-hetero) is 1. The van der Waals surface area contributed by atoms with Crippen LogP contribution in [0, 0.1) is 0 Å². The first-order valence-corrected chi connectivity index (χ1v) is 6.60. The van der Waals surface area contributed by atoms with Crippen molar-refractivity contribution >= 4 is 15.9 Å². The molecule has 0 atom stereocenters. The quantitative estimate of drug-likeness (QED) is 0.445. The number of ketones is 1. The Kier molecular flexibility index (Phi) is 8.36. The van der Waals surface area contributed by atoms with Crippen molar-refractivity contribution in [2.24, 2.45) is 0 Å². The van der Waals surface area contributed by atoms with Crippen LogP contribution in [0.15, 0.2) is 0 Å². The number of carbonyl (C=O) groups excluding carboxylic acids is 1. The van der Waals surface area contributed by atoms with Crippen molar-refractivity contribution in [3.63, 3.8) is 0 Å². The van der Waals surface area contributed by atoms with E-state index in [1.807, 2.05) is 0 Å². The van der Waals surface area contributed by atoms with Crippen LogP contribution in [0.2, 0.25) is 0 Å². The van der Waals surface area contributed by atoms with Crippen LogP contribution in [-0.4, -0.2) is 51.4 Å². The minimum absolute atomic E-state index is 0.101. The highest BCUT2D eigenvalue weighted by Gasteiger charge is 2.11. The van der Waals surface area contributed by atoms with E-state index in [4.69, 9.17) is 14.0 Å². The van der Waals surface area contributed by atoms with E-state index in [2.05, 4.69) is 0 Å². The summed E-state index contributed by atoms with van der Waals surface area (Å²) in [5.41, 5.74) is 0. The van der Waals surface area contributed by atoms with E-state index in [1.54, 1.807) is 7.11 Å². The van der Waals surface area contributed by atoms with Gasteiger partial charge in [0.15, 0.2) is 0 Å². The van der Waals surface area contributed by atoms with Gasteiger partial charge in [0.1, 0.15) is 11.5 Å². The minimum Gasteiger partial charge on any atom is -0.385 e. The molecule has 0 unspecified atom stereocenters. The first kappa shape index (κ1) is 15.5. The van der Waals surface area contributed by atoms with Crippen LogP contribution in [0.1, 0.15) is 19.3 Å². The Bertz CT molecular complexity index is 284. The molecule has 1 N–H and O–H groups in total. The van der Waals surface area contributed by atoms with E-state index in [0.717, 1.165) is 6.42 Å². The molecule has 0 amide bonds. The zero-order valence-corrected chi connectivity index (χ0v) is 10.2. The number of rotatable bonds is 10. The molecule has 0 radical (unpaired) electrons. The standard InChI is InChI=1S/C9H18O6S/c1-14-5-3-7-15-6-2-4-9(10)8-16(11,12)13/h2-8H2,1H3,(H,11,12,13). The molecule has 0 heterocycles. The van der Waals surface area contributed by atoms with Gasteiger partial charge in [-0.2, -0.15) is 8.42 Å². The van der Waals surface area contributed by atoms with Crippen LogP contribution in [-0.2, 0) is 24.4 Å². The Hall–Kier alpha value is -0.500. The number of carbonyl (C=O) groups is 1. The highest BCUT2D eigenvalue weighted by Crippen LogP contribution is 1.96. The fourth-order valence-corrected chi connectivity index (χ4v) is 1.61. The highest BCUT2D eigenvalue weighted by molar-refractivity contribution is 7.86. The third kappa shape index (κ3) is 11.6. The lowest BCUT2D eigenvalue weighted by Crippen LogP contribution is -2.15. The van der Waals surface area contributed by atoms with Gasteiger partial charge in [0.2, 0.25) is 0 Å². The van der Waals surface area contributed by atoms with E-state index < -0.39 is 21.7 Å². The van der Waals surface area contributed by atoms with Crippen LogP contribution >= 0.6 is 0 Å². The second-order valence-corrected chi connectivity index (χ2v) is 4.78. The summed E-state index contributed by atoms with van der Waals surface area (Å²) in [7, 11) is -2.58. The maximum absolute atomic E-state index is 11.0. The minimum atomic E-state index is -4.18. The average Bonchev–Trinajstić information content (AvgIpc) is 2.13. The van der Waals surface area contributed by atoms with Crippen molar-refractivity contribution in [2.75, 3.05) is 32.7 Å². The Morgan fingerprint density at radius 3 is 2.38 bits per heavy atom. The van der Waals surface area contributed by atoms with E-state index in [-0.39, 0.29) is 6.42 Å². The Morgan fingerprint density at radius 1 is 1.19 bits per heavy atom. The number of hydrogen-bond acceptors (Lipinski definition) is 5. The summed E-state index contributed by atoms with van der Waals surface area (Å²) in [6, 6.07) is 0. The highest BCUT2D eigenvalue weighted by atomic mass is 32.2.